The number of ether oxygens (including phenoxy) is 4. The molecule has 0 bridgehead atoms. The maximum Gasteiger partial charge on any atom is 0.252 e. The predicted molar refractivity (Wildman–Crippen MR) is 136 cm³/mol. The first-order valence-corrected chi connectivity index (χ1v) is 12.2. The summed E-state index contributed by atoms with van der Waals surface area (Å²) in [6.45, 7) is 4.26. The van der Waals surface area contributed by atoms with Gasteiger partial charge in [0.15, 0.2) is 17.3 Å². The first kappa shape index (κ1) is 24.7. The van der Waals surface area contributed by atoms with Gasteiger partial charge in [-0.1, -0.05) is 13.0 Å². The van der Waals surface area contributed by atoms with Crippen molar-refractivity contribution in [3.63, 3.8) is 0 Å². The fraction of sp³-hybridized carbons (Fsp3) is 0.385. The van der Waals surface area contributed by atoms with E-state index in [0.29, 0.717) is 43.3 Å². The second kappa shape index (κ2) is 11.0. The summed E-state index contributed by atoms with van der Waals surface area (Å²) in [7, 11) is 3.25. The number of aromatic amines is 1. The topological polar surface area (TPSA) is 117 Å². The standard InChI is InChI=1S/C26H30N6O5/c1-4-22(25-28-29-30-32(25)9-10-34-2)31(14-17-5-8-23-24(11-17)37-16-36-23)15-19-12-18-6-7-20(35-3)13-21(18)27-26(19)33/h5-8,11-13,22H,4,9-10,14-16H2,1-3H3,(H,27,33). The minimum atomic E-state index is -0.150. The Hall–Kier alpha value is -3.96. The van der Waals surface area contributed by atoms with E-state index in [4.69, 9.17) is 18.9 Å². The molecule has 1 unspecified atom stereocenters. The van der Waals surface area contributed by atoms with E-state index in [0.717, 1.165) is 34.5 Å². The van der Waals surface area contributed by atoms with Gasteiger partial charge in [0, 0.05) is 31.8 Å². The Morgan fingerprint density at radius 2 is 1.97 bits per heavy atom. The minimum Gasteiger partial charge on any atom is -0.497 e. The van der Waals surface area contributed by atoms with E-state index in [1.54, 1.807) is 18.9 Å². The lowest BCUT2D eigenvalue weighted by Gasteiger charge is -2.30. The van der Waals surface area contributed by atoms with E-state index in [2.05, 4.69) is 32.3 Å². The molecule has 1 aliphatic rings. The van der Waals surface area contributed by atoms with Crippen LogP contribution in [0, 0.1) is 0 Å². The highest BCUT2D eigenvalue weighted by Gasteiger charge is 2.27. The van der Waals surface area contributed by atoms with Crippen molar-refractivity contribution in [3.05, 3.63) is 69.8 Å². The minimum absolute atomic E-state index is 0.148. The fourth-order valence-electron chi connectivity index (χ4n) is 4.63. The summed E-state index contributed by atoms with van der Waals surface area (Å²) in [5.41, 5.74) is 2.25. The quantitative estimate of drug-likeness (QED) is 0.328. The average Bonchev–Trinajstić information content (AvgIpc) is 3.57. The van der Waals surface area contributed by atoms with Crippen molar-refractivity contribution in [2.75, 3.05) is 27.6 Å². The molecular weight excluding hydrogens is 476 g/mol. The molecule has 4 aromatic rings. The number of tetrazole rings is 1. The number of methoxy groups -OCH3 is 2. The van der Waals surface area contributed by atoms with Crippen molar-refractivity contribution < 1.29 is 18.9 Å². The molecule has 0 radical (unpaired) electrons. The number of hydrogen-bond donors (Lipinski definition) is 1. The highest BCUT2D eigenvalue weighted by Crippen LogP contribution is 2.34. The molecule has 11 heteroatoms. The summed E-state index contributed by atoms with van der Waals surface area (Å²) >= 11 is 0. The van der Waals surface area contributed by atoms with Gasteiger partial charge in [-0.15, -0.1) is 5.10 Å². The summed E-state index contributed by atoms with van der Waals surface area (Å²) < 4.78 is 23.4. The lowest BCUT2D eigenvalue weighted by atomic mass is 10.1. The summed E-state index contributed by atoms with van der Waals surface area (Å²) in [5.74, 6) is 2.86. The van der Waals surface area contributed by atoms with E-state index >= 15 is 0 Å². The summed E-state index contributed by atoms with van der Waals surface area (Å²) in [4.78, 5) is 18.4. The van der Waals surface area contributed by atoms with E-state index in [-0.39, 0.29) is 18.4 Å². The molecule has 2 aromatic carbocycles. The molecular formula is C26H30N6O5. The largest absolute Gasteiger partial charge is 0.497 e. The lowest BCUT2D eigenvalue weighted by molar-refractivity contribution is 0.150. The van der Waals surface area contributed by atoms with Crippen LogP contribution in [-0.2, 0) is 24.4 Å². The summed E-state index contributed by atoms with van der Waals surface area (Å²) in [5, 5.41) is 13.4. The van der Waals surface area contributed by atoms with Crippen molar-refractivity contribution >= 4 is 10.9 Å². The zero-order chi connectivity index (χ0) is 25.8. The number of benzene rings is 2. The van der Waals surface area contributed by atoms with Crippen LogP contribution in [0.4, 0.5) is 0 Å². The molecule has 5 rings (SSSR count). The fourth-order valence-corrected chi connectivity index (χ4v) is 4.63. The molecule has 194 valence electrons. The monoisotopic (exact) mass is 506 g/mol. The van der Waals surface area contributed by atoms with Crippen LogP contribution in [0.5, 0.6) is 17.2 Å². The Bertz CT molecular complexity index is 1430. The van der Waals surface area contributed by atoms with Gasteiger partial charge < -0.3 is 23.9 Å². The van der Waals surface area contributed by atoms with Crippen molar-refractivity contribution in [1.82, 2.24) is 30.1 Å². The molecule has 1 N–H and O–H groups in total. The van der Waals surface area contributed by atoms with Gasteiger partial charge in [-0.3, -0.25) is 9.69 Å². The number of rotatable bonds is 11. The molecule has 1 atom stereocenters. The van der Waals surface area contributed by atoms with Crippen LogP contribution in [0.15, 0.2) is 47.3 Å². The van der Waals surface area contributed by atoms with Gasteiger partial charge in [0.1, 0.15) is 5.75 Å². The molecule has 0 amide bonds. The molecule has 0 spiro atoms. The third-order valence-electron chi connectivity index (χ3n) is 6.52. The summed E-state index contributed by atoms with van der Waals surface area (Å²) in [6.07, 6.45) is 0.737. The number of nitrogens with zero attached hydrogens (tertiary/aromatic N) is 5. The number of pyridine rings is 1. The van der Waals surface area contributed by atoms with Gasteiger partial charge in [0.05, 0.1) is 31.8 Å². The van der Waals surface area contributed by atoms with E-state index < -0.39 is 0 Å². The van der Waals surface area contributed by atoms with Crippen molar-refractivity contribution in [1.29, 1.82) is 0 Å². The van der Waals surface area contributed by atoms with E-state index in [1.807, 2.05) is 42.5 Å². The number of nitrogens with one attached hydrogen (secondary N) is 1. The van der Waals surface area contributed by atoms with Gasteiger partial charge in [0.25, 0.3) is 5.56 Å². The Morgan fingerprint density at radius 1 is 1.11 bits per heavy atom. The van der Waals surface area contributed by atoms with Crippen molar-refractivity contribution in [3.8, 4) is 17.2 Å². The zero-order valence-corrected chi connectivity index (χ0v) is 21.1. The third kappa shape index (κ3) is 5.27. The predicted octanol–water partition coefficient (Wildman–Crippen LogP) is 3.05. The Morgan fingerprint density at radius 3 is 2.78 bits per heavy atom. The molecule has 0 fully saturated rings. The highest BCUT2D eigenvalue weighted by atomic mass is 16.7. The first-order valence-electron chi connectivity index (χ1n) is 12.2. The van der Waals surface area contributed by atoms with Gasteiger partial charge in [-0.25, -0.2) is 4.68 Å². The normalized spacial score (nSPS) is 13.4. The SMILES string of the molecule is CCC(c1nnnn1CCOC)N(Cc1ccc2c(c1)OCO2)Cc1cc2ccc(OC)cc2[nH]c1=O. The van der Waals surface area contributed by atoms with Crippen LogP contribution in [0.2, 0.25) is 0 Å². The Kier molecular flexibility index (Phi) is 7.33. The maximum absolute atomic E-state index is 13.2. The molecule has 0 saturated carbocycles. The van der Waals surface area contributed by atoms with Crippen molar-refractivity contribution in [2.24, 2.45) is 0 Å². The highest BCUT2D eigenvalue weighted by molar-refractivity contribution is 5.80. The Balaban J connectivity index is 1.51. The zero-order valence-electron chi connectivity index (χ0n) is 21.1. The molecule has 3 heterocycles. The average molecular weight is 507 g/mol. The molecule has 0 aliphatic carbocycles. The van der Waals surface area contributed by atoms with Crippen LogP contribution in [0.3, 0.4) is 0 Å². The number of hydrogen-bond acceptors (Lipinski definition) is 9. The third-order valence-corrected chi connectivity index (χ3v) is 6.52. The summed E-state index contributed by atoms with van der Waals surface area (Å²) in [6, 6.07) is 13.3. The van der Waals surface area contributed by atoms with Crippen LogP contribution < -0.4 is 19.8 Å². The maximum atomic E-state index is 13.2. The molecule has 37 heavy (non-hydrogen) atoms. The van der Waals surface area contributed by atoms with Crippen LogP contribution in [0.1, 0.15) is 36.3 Å². The number of fused-ring (bicyclic) bond motifs is 2. The molecule has 0 saturated heterocycles. The van der Waals surface area contributed by atoms with Crippen LogP contribution in [0.25, 0.3) is 10.9 Å². The molecule has 2 aromatic heterocycles. The van der Waals surface area contributed by atoms with Gasteiger partial charge in [-0.05, 0) is 58.1 Å². The van der Waals surface area contributed by atoms with Gasteiger partial charge in [-0.2, -0.15) is 0 Å². The Labute approximate surface area is 213 Å². The van der Waals surface area contributed by atoms with Crippen molar-refractivity contribution in [2.45, 2.75) is 39.0 Å². The van der Waals surface area contributed by atoms with E-state index in [1.165, 1.54) is 0 Å². The number of aromatic nitrogens is 5. The molecule has 1 aliphatic heterocycles. The number of H-pyrrole nitrogens is 1. The molecule has 11 nitrogen and oxygen atoms in total. The van der Waals surface area contributed by atoms with Crippen LogP contribution in [-0.4, -0.2) is 57.7 Å². The second-order valence-electron chi connectivity index (χ2n) is 8.85. The van der Waals surface area contributed by atoms with Gasteiger partial charge in [0.2, 0.25) is 6.79 Å². The second-order valence-corrected chi connectivity index (χ2v) is 8.85. The van der Waals surface area contributed by atoms with Gasteiger partial charge >= 0.3 is 0 Å². The van der Waals surface area contributed by atoms with Crippen LogP contribution >= 0.6 is 0 Å². The first-order chi connectivity index (χ1) is 18.1. The van der Waals surface area contributed by atoms with E-state index in [9.17, 15) is 4.79 Å². The smallest absolute Gasteiger partial charge is 0.252 e. The lowest BCUT2D eigenvalue weighted by Crippen LogP contribution is -2.32.